The summed E-state index contributed by atoms with van der Waals surface area (Å²) in [5.41, 5.74) is 7.58. The number of halogens is 1. The quantitative estimate of drug-likeness (QED) is 0.871. The molecule has 0 aliphatic carbocycles. The summed E-state index contributed by atoms with van der Waals surface area (Å²) in [6.07, 6.45) is 1.48. The van der Waals surface area contributed by atoms with Crippen molar-refractivity contribution in [1.82, 2.24) is 0 Å². The number of aliphatic hydroxyl groups is 1. The molecule has 0 aliphatic heterocycles. The normalized spacial score (nSPS) is 12.9. The van der Waals surface area contributed by atoms with Crippen molar-refractivity contribution in [2.24, 2.45) is 5.73 Å². The van der Waals surface area contributed by atoms with Crippen molar-refractivity contribution in [2.75, 3.05) is 6.54 Å². The maximum Gasteiger partial charge on any atom is 0.0915 e. The predicted molar refractivity (Wildman–Crippen MR) is 62.2 cm³/mol. The Morgan fingerprint density at radius 1 is 1.50 bits per heavy atom. The molecule has 3 N–H and O–H groups in total. The first-order valence-electron chi connectivity index (χ1n) is 4.86. The van der Waals surface area contributed by atoms with Crippen molar-refractivity contribution in [2.45, 2.75) is 25.9 Å². The molecule has 0 saturated carbocycles. The average molecular weight is 258 g/mol. The fourth-order valence-corrected chi connectivity index (χ4v) is 2.11. The fourth-order valence-electron chi connectivity index (χ4n) is 1.53. The van der Waals surface area contributed by atoms with Crippen LogP contribution in [0.25, 0.3) is 0 Å². The van der Waals surface area contributed by atoms with Crippen molar-refractivity contribution in [1.29, 1.82) is 0 Å². The zero-order valence-corrected chi connectivity index (χ0v) is 9.92. The summed E-state index contributed by atoms with van der Waals surface area (Å²) >= 11 is 3.49. The van der Waals surface area contributed by atoms with E-state index >= 15 is 0 Å². The van der Waals surface area contributed by atoms with Gasteiger partial charge in [-0.25, -0.2) is 0 Å². The fraction of sp³-hybridized carbons (Fsp3) is 0.455. The van der Waals surface area contributed by atoms with Crippen molar-refractivity contribution in [3.8, 4) is 0 Å². The lowest BCUT2D eigenvalue weighted by atomic mass is 9.99. The minimum Gasteiger partial charge on any atom is -0.387 e. The van der Waals surface area contributed by atoms with E-state index in [-0.39, 0.29) is 6.54 Å². The summed E-state index contributed by atoms with van der Waals surface area (Å²) in [5.74, 6) is 0. The van der Waals surface area contributed by atoms with E-state index in [0.29, 0.717) is 0 Å². The standard InChI is InChI=1S/C11H16BrNO/c1-2-4-8-9(11(14)7-13)5-3-6-10(8)12/h3,5-6,11,14H,2,4,7,13H2,1H3. The third-order valence-electron chi connectivity index (χ3n) is 2.24. The van der Waals surface area contributed by atoms with Crippen LogP contribution in [0.2, 0.25) is 0 Å². The Balaban J connectivity index is 3.07. The largest absolute Gasteiger partial charge is 0.387 e. The number of aliphatic hydroxyl groups excluding tert-OH is 1. The molecular formula is C11H16BrNO. The van der Waals surface area contributed by atoms with Gasteiger partial charge in [-0.1, -0.05) is 41.4 Å². The summed E-state index contributed by atoms with van der Waals surface area (Å²) < 4.78 is 1.06. The molecule has 0 spiro atoms. The van der Waals surface area contributed by atoms with Gasteiger partial charge in [0.15, 0.2) is 0 Å². The van der Waals surface area contributed by atoms with Crippen LogP contribution >= 0.6 is 15.9 Å². The van der Waals surface area contributed by atoms with Crippen LogP contribution in [0.1, 0.15) is 30.6 Å². The molecule has 0 heterocycles. The highest BCUT2D eigenvalue weighted by atomic mass is 79.9. The van der Waals surface area contributed by atoms with Crippen molar-refractivity contribution in [3.05, 3.63) is 33.8 Å². The summed E-state index contributed by atoms with van der Waals surface area (Å²) in [6, 6.07) is 5.86. The predicted octanol–water partition coefficient (Wildman–Crippen LogP) is 2.39. The highest BCUT2D eigenvalue weighted by Crippen LogP contribution is 2.26. The van der Waals surface area contributed by atoms with Gasteiger partial charge < -0.3 is 10.8 Å². The Bertz CT molecular complexity index is 301. The minimum absolute atomic E-state index is 0.271. The molecule has 1 rings (SSSR count). The second-order valence-electron chi connectivity index (χ2n) is 3.31. The molecule has 1 aromatic rings. The van der Waals surface area contributed by atoms with Crippen LogP contribution < -0.4 is 5.73 Å². The number of benzene rings is 1. The summed E-state index contributed by atoms with van der Waals surface area (Å²) in [7, 11) is 0. The molecule has 1 unspecified atom stereocenters. The number of rotatable bonds is 4. The van der Waals surface area contributed by atoms with Crippen molar-refractivity contribution < 1.29 is 5.11 Å². The maximum atomic E-state index is 9.72. The van der Waals surface area contributed by atoms with E-state index in [1.165, 1.54) is 5.56 Å². The Labute approximate surface area is 93.3 Å². The molecule has 0 saturated heterocycles. The van der Waals surface area contributed by atoms with Crippen molar-refractivity contribution in [3.63, 3.8) is 0 Å². The second-order valence-corrected chi connectivity index (χ2v) is 4.16. The molecule has 0 radical (unpaired) electrons. The molecule has 78 valence electrons. The van der Waals surface area contributed by atoms with Gasteiger partial charge in [-0.3, -0.25) is 0 Å². The van der Waals surface area contributed by atoms with Crippen LogP contribution in [-0.4, -0.2) is 11.7 Å². The lowest BCUT2D eigenvalue weighted by molar-refractivity contribution is 0.185. The van der Waals surface area contributed by atoms with Crippen LogP contribution in [0.5, 0.6) is 0 Å². The Morgan fingerprint density at radius 2 is 2.21 bits per heavy atom. The van der Waals surface area contributed by atoms with Gasteiger partial charge >= 0.3 is 0 Å². The molecule has 2 nitrogen and oxygen atoms in total. The summed E-state index contributed by atoms with van der Waals surface area (Å²) in [4.78, 5) is 0. The molecule has 0 aliphatic rings. The molecule has 0 bridgehead atoms. The average Bonchev–Trinajstić information content (AvgIpc) is 2.20. The number of nitrogens with two attached hydrogens (primary N) is 1. The molecule has 3 heteroatoms. The van der Waals surface area contributed by atoms with Gasteiger partial charge in [-0.05, 0) is 23.6 Å². The van der Waals surface area contributed by atoms with Crippen LogP contribution in [0.4, 0.5) is 0 Å². The minimum atomic E-state index is -0.547. The first kappa shape index (κ1) is 11.7. The highest BCUT2D eigenvalue weighted by molar-refractivity contribution is 9.10. The van der Waals surface area contributed by atoms with Gasteiger partial charge in [-0.15, -0.1) is 0 Å². The molecular weight excluding hydrogens is 242 g/mol. The first-order valence-corrected chi connectivity index (χ1v) is 5.65. The van der Waals surface area contributed by atoms with Crippen LogP contribution in [0.15, 0.2) is 22.7 Å². The Hall–Kier alpha value is -0.380. The number of hydrogen-bond donors (Lipinski definition) is 2. The van der Waals surface area contributed by atoms with Crippen LogP contribution in [-0.2, 0) is 6.42 Å². The second kappa shape index (κ2) is 5.49. The van der Waals surface area contributed by atoms with E-state index in [0.717, 1.165) is 22.9 Å². The zero-order valence-electron chi connectivity index (χ0n) is 8.33. The van der Waals surface area contributed by atoms with Gasteiger partial charge in [0, 0.05) is 11.0 Å². The van der Waals surface area contributed by atoms with Gasteiger partial charge in [0.2, 0.25) is 0 Å². The summed E-state index contributed by atoms with van der Waals surface area (Å²) in [5, 5.41) is 9.72. The highest BCUT2D eigenvalue weighted by Gasteiger charge is 2.12. The van der Waals surface area contributed by atoms with E-state index < -0.39 is 6.10 Å². The third-order valence-corrected chi connectivity index (χ3v) is 2.98. The van der Waals surface area contributed by atoms with Crippen LogP contribution in [0, 0.1) is 0 Å². The monoisotopic (exact) mass is 257 g/mol. The van der Waals surface area contributed by atoms with E-state index in [1.54, 1.807) is 0 Å². The third kappa shape index (κ3) is 2.56. The van der Waals surface area contributed by atoms with Crippen LogP contribution in [0.3, 0.4) is 0 Å². The first-order chi connectivity index (χ1) is 6.70. The Morgan fingerprint density at radius 3 is 2.79 bits per heavy atom. The Kier molecular flexibility index (Phi) is 4.58. The van der Waals surface area contributed by atoms with Gasteiger partial charge in [0.1, 0.15) is 0 Å². The van der Waals surface area contributed by atoms with Gasteiger partial charge in [0.25, 0.3) is 0 Å². The lowest BCUT2D eigenvalue weighted by Gasteiger charge is -2.14. The molecule has 0 fully saturated rings. The van der Waals surface area contributed by atoms with E-state index in [1.807, 2.05) is 18.2 Å². The smallest absolute Gasteiger partial charge is 0.0915 e. The molecule has 0 aromatic heterocycles. The molecule has 14 heavy (non-hydrogen) atoms. The lowest BCUT2D eigenvalue weighted by Crippen LogP contribution is -2.13. The molecule has 0 amide bonds. The molecule has 1 aromatic carbocycles. The zero-order chi connectivity index (χ0) is 10.6. The van der Waals surface area contributed by atoms with E-state index in [4.69, 9.17) is 5.73 Å². The topological polar surface area (TPSA) is 46.2 Å². The van der Waals surface area contributed by atoms with Gasteiger partial charge in [-0.2, -0.15) is 0 Å². The maximum absolute atomic E-state index is 9.72. The summed E-state index contributed by atoms with van der Waals surface area (Å²) in [6.45, 7) is 2.39. The number of hydrogen-bond acceptors (Lipinski definition) is 2. The van der Waals surface area contributed by atoms with E-state index in [2.05, 4.69) is 22.9 Å². The van der Waals surface area contributed by atoms with E-state index in [9.17, 15) is 5.11 Å². The SMILES string of the molecule is CCCc1c(Br)cccc1C(O)CN. The van der Waals surface area contributed by atoms with Gasteiger partial charge in [0.05, 0.1) is 6.10 Å². The molecule has 1 atom stereocenters. The van der Waals surface area contributed by atoms with Crippen molar-refractivity contribution >= 4 is 15.9 Å².